The number of para-hydroxylation sites is 1. The molecule has 0 radical (unpaired) electrons. The molecule has 0 bridgehead atoms. The van der Waals surface area contributed by atoms with Crippen molar-refractivity contribution >= 4 is 0 Å². The molecular formula is C15H23NO3. The van der Waals surface area contributed by atoms with Crippen LogP contribution in [0.2, 0.25) is 0 Å². The Labute approximate surface area is 114 Å². The molecule has 106 valence electrons. The van der Waals surface area contributed by atoms with Crippen LogP contribution in [0.4, 0.5) is 0 Å². The van der Waals surface area contributed by atoms with E-state index in [1.54, 1.807) is 0 Å². The van der Waals surface area contributed by atoms with E-state index < -0.39 is 6.10 Å². The van der Waals surface area contributed by atoms with Gasteiger partial charge in [0.05, 0.1) is 13.2 Å². The quantitative estimate of drug-likeness (QED) is 0.847. The Kier molecular flexibility index (Phi) is 5.63. The van der Waals surface area contributed by atoms with Crippen molar-refractivity contribution in [2.45, 2.75) is 25.5 Å². The maximum absolute atomic E-state index is 10.1. The summed E-state index contributed by atoms with van der Waals surface area (Å²) in [6.07, 6.45) is 0.582. The molecular weight excluding hydrogens is 242 g/mol. The number of benzene rings is 1. The molecule has 1 aromatic rings. The summed E-state index contributed by atoms with van der Waals surface area (Å²) in [7, 11) is 0. The molecule has 1 aliphatic rings. The molecule has 19 heavy (non-hydrogen) atoms. The Balaban J connectivity index is 1.75. The Hall–Kier alpha value is -1.10. The van der Waals surface area contributed by atoms with Crippen molar-refractivity contribution in [2.75, 3.05) is 32.9 Å². The predicted molar refractivity (Wildman–Crippen MR) is 74.4 cm³/mol. The van der Waals surface area contributed by atoms with Crippen molar-refractivity contribution in [3.8, 4) is 5.75 Å². The minimum Gasteiger partial charge on any atom is -0.491 e. The molecule has 1 saturated heterocycles. The second-order valence-electron chi connectivity index (χ2n) is 4.91. The van der Waals surface area contributed by atoms with Crippen LogP contribution in [-0.4, -0.2) is 55.1 Å². The third kappa shape index (κ3) is 4.49. The highest BCUT2D eigenvalue weighted by Gasteiger charge is 2.23. The lowest BCUT2D eigenvalue weighted by Crippen LogP contribution is -2.49. The lowest BCUT2D eigenvalue weighted by Gasteiger charge is -2.36. The van der Waals surface area contributed by atoms with Crippen molar-refractivity contribution in [2.24, 2.45) is 0 Å². The minimum atomic E-state index is -0.465. The Morgan fingerprint density at radius 2 is 2.21 bits per heavy atom. The van der Waals surface area contributed by atoms with Crippen LogP contribution in [0.25, 0.3) is 0 Å². The molecule has 4 nitrogen and oxygen atoms in total. The number of aliphatic hydroxyl groups excluding tert-OH is 1. The van der Waals surface area contributed by atoms with E-state index in [4.69, 9.17) is 9.47 Å². The van der Waals surface area contributed by atoms with E-state index in [2.05, 4.69) is 11.8 Å². The molecule has 0 amide bonds. The third-order valence-corrected chi connectivity index (χ3v) is 3.45. The SMILES string of the molecule is CCC1COCCN1CC(O)COc1ccccc1. The minimum absolute atomic E-state index is 0.331. The van der Waals surface area contributed by atoms with Gasteiger partial charge in [-0.3, -0.25) is 4.90 Å². The molecule has 2 unspecified atom stereocenters. The van der Waals surface area contributed by atoms with Gasteiger partial charge in [0.15, 0.2) is 0 Å². The third-order valence-electron chi connectivity index (χ3n) is 3.45. The van der Waals surface area contributed by atoms with E-state index in [-0.39, 0.29) is 0 Å². The molecule has 0 aromatic heterocycles. The molecule has 0 saturated carbocycles. The summed E-state index contributed by atoms with van der Waals surface area (Å²) in [5, 5.41) is 10.1. The largest absolute Gasteiger partial charge is 0.491 e. The fourth-order valence-corrected chi connectivity index (χ4v) is 2.34. The van der Waals surface area contributed by atoms with Crippen molar-refractivity contribution in [1.29, 1.82) is 0 Å². The van der Waals surface area contributed by atoms with Gasteiger partial charge in [0, 0.05) is 19.1 Å². The fraction of sp³-hybridized carbons (Fsp3) is 0.600. The first kappa shape index (κ1) is 14.3. The smallest absolute Gasteiger partial charge is 0.119 e. The molecule has 2 atom stereocenters. The summed E-state index contributed by atoms with van der Waals surface area (Å²) in [5.74, 6) is 0.801. The van der Waals surface area contributed by atoms with Crippen LogP contribution >= 0.6 is 0 Å². The number of morpholine rings is 1. The second kappa shape index (κ2) is 7.48. The van der Waals surface area contributed by atoms with Gasteiger partial charge < -0.3 is 14.6 Å². The van der Waals surface area contributed by atoms with Gasteiger partial charge in [-0.15, -0.1) is 0 Å². The van der Waals surface area contributed by atoms with Crippen LogP contribution in [0, 0.1) is 0 Å². The molecule has 1 fully saturated rings. The van der Waals surface area contributed by atoms with E-state index in [9.17, 15) is 5.11 Å². The van der Waals surface area contributed by atoms with Gasteiger partial charge in [0.1, 0.15) is 18.5 Å². The zero-order chi connectivity index (χ0) is 13.5. The number of nitrogens with zero attached hydrogens (tertiary/aromatic N) is 1. The van der Waals surface area contributed by atoms with Crippen LogP contribution < -0.4 is 4.74 Å². The molecule has 0 spiro atoms. The van der Waals surface area contributed by atoms with E-state index in [1.807, 2.05) is 30.3 Å². The highest BCUT2D eigenvalue weighted by atomic mass is 16.5. The van der Waals surface area contributed by atoms with Crippen LogP contribution in [0.15, 0.2) is 30.3 Å². The summed E-state index contributed by atoms with van der Waals surface area (Å²) in [5.41, 5.74) is 0. The van der Waals surface area contributed by atoms with Crippen LogP contribution in [-0.2, 0) is 4.74 Å². The number of hydrogen-bond acceptors (Lipinski definition) is 4. The Bertz CT molecular complexity index is 358. The van der Waals surface area contributed by atoms with Crippen molar-refractivity contribution in [3.63, 3.8) is 0 Å². The molecule has 2 rings (SSSR count). The van der Waals surface area contributed by atoms with E-state index in [0.29, 0.717) is 19.2 Å². The van der Waals surface area contributed by atoms with Gasteiger partial charge >= 0.3 is 0 Å². The normalized spacial score (nSPS) is 22.1. The highest BCUT2D eigenvalue weighted by molar-refractivity contribution is 5.20. The molecule has 1 heterocycles. The standard InChI is InChI=1S/C15H23NO3/c1-2-13-11-18-9-8-16(13)10-14(17)12-19-15-6-4-3-5-7-15/h3-7,13-14,17H,2,8-12H2,1H3. The number of ether oxygens (including phenoxy) is 2. The molecule has 1 aromatic carbocycles. The van der Waals surface area contributed by atoms with Gasteiger partial charge in [0.2, 0.25) is 0 Å². The average Bonchev–Trinajstić information content (AvgIpc) is 2.47. The second-order valence-corrected chi connectivity index (χ2v) is 4.91. The van der Waals surface area contributed by atoms with Gasteiger partial charge in [-0.1, -0.05) is 25.1 Å². The predicted octanol–water partition coefficient (Wildman–Crippen LogP) is 1.54. The van der Waals surface area contributed by atoms with Gasteiger partial charge in [-0.05, 0) is 18.6 Å². The van der Waals surface area contributed by atoms with E-state index in [1.165, 1.54) is 0 Å². The van der Waals surface area contributed by atoms with E-state index in [0.717, 1.165) is 31.9 Å². The first-order valence-electron chi connectivity index (χ1n) is 6.97. The topological polar surface area (TPSA) is 41.9 Å². The number of hydrogen-bond donors (Lipinski definition) is 1. The number of rotatable bonds is 6. The molecule has 4 heteroatoms. The number of β-amino-alcohol motifs (C(OH)–C–C–N with tert-alkyl or cyclic N) is 1. The lowest BCUT2D eigenvalue weighted by molar-refractivity contribution is -0.0333. The maximum Gasteiger partial charge on any atom is 0.119 e. The van der Waals surface area contributed by atoms with Crippen molar-refractivity contribution < 1.29 is 14.6 Å². The first-order valence-corrected chi connectivity index (χ1v) is 6.97. The summed E-state index contributed by atoms with van der Waals surface area (Å²) in [4.78, 5) is 2.29. The van der Waals surface area contributed by atoms with Crippen LogP contribution in [0.3, 0.4) is 0 Å². The molecule has 0 aliphatic carbocycles. The van der Waals surface area contributed by atoms with Crippen molar-refractivity contribution in [3.05, 3.63) is 30.3 Å². The Morgan fingerprint density at radius 3 is 2.95 bits per heavy atom. The van der Waals surface area contributed by atoms with Gasteiger partial charge in [-0.25, -0.2) is 0 Å². The Morgan fingerprint density at radius 1 is 1.42 bits per heavy atom. The summed E-state index contributed by atoms with van der Waals surface area (Å²) < 4.78 is 11.0. The van der Waals surface area contributed by atoms with Crippen LogP contribution in [0.1, 0.15) is 13.3 Å². The van der Waals surface area contributed by atoms with Crippen LogP contribution in [0.5, 0.6) is 5.75 Å². The molecule has 1 aliphatic heterocycles. The summed E-state index contributed by atoms with van der Waals surface area (Å²) in [6, 6.07) is 10.0. The zero-order valence-corrected chi connectivity index (χ0v) is 11.5. The first-order chi connectivity index (χ1) is 9.29. The van der Waals surface area contributed by atoms with Gasteiger partial charge in [0.25, 0.3) is 0 Å². The summed E-state index contributed by atoms with van der Waals surface area (Å²) >= 11 is 0. The number of aliphatic hydroxyl groups is 1. The fourth-order valence-electron chi connectivity index (χ4n) is 2.34. The molecule has 1 N–H and O–H groups in total. The summed E-state index contributed by atoms with van der Waals surface area (Å²) in [6.45, 7) is 5.54. The van der Waals surface area contributed by atoms with E-state index >= 15 is 0 Å². The monoisotopic (exact) mass is 265 g/mol. The average molecular weight is 265 g/mol. The zero-order valence-electron chi connectivity index (χ0n) is 11.5. The maximum atomic E-state index is 10.1. The lowest BCUT2D eigenvalue weighted by atomic mass is 10.1. The highest BCUT2D eigenvalue weighted by Crippen LogP contribution is 2.12. The van der Waals surface area contributed by atoms with Crippen molar-refractivity contribution in [1.82, 2.24) is 4.90 Å². The van der Waals surface area contributed by atoms with Gasteiger partial charge in [-0.2, -0.15) is 0 Å².